The lowest BCUT2D eigenvalue weighted by atomic mass is 10.0. The van der Waals surface area contributed by atoms with Crippen molar-refractivity contribution in [1.82, 2.24) is 0 Å². The lowest BCUT2D eigenvalue weighted by Gasteiger charge is -2.09. The van der Waals surface area contributed by atoms with Gasteiger partial charge in [-0.25, -0.2) is 0 Å². The first-order valence-electron chi connectivity index (χ1n) is 5.95. The van der Waals surface area contributed by atoms with Crippen LogP contribution in [-0.2, 0) is 11.2 Å². The second kappa shape index (κ2) is 5.21. The molecule has 0 unspecified atom stereocenters. The number of rotatable bonds is 6. The molecule has 0 saturated heterocycles. The van der Waals surface area contributed by atoms with Crippen LogP contribution in [0.5, 0.6) is 11.5 Å². The molecule has 0 heterocycles. The van der Waals surface area contributed by atoms with Gasteiger partial charge in [-0.3, -0.25) is 4.79 Å². The standard InChI is InChI=1S/C14H18O3/c1-16-13-6-5-11(9-14(13)17-2)8-12(15)7-10-3-4-10/h5-6,9-10H,3-4,7-8H2,1-2H3. The molecule has 1 aromatic rings. The molecule has 1 aromatic carbocycles. The third-order valence-corrected chi connectivity index (χ3v) is 3.06. The number of ketones is 1. The van der Waals surface area contributed by atoms with Crippen molar-refractivity contribution < 1.29 is 14.3 Å². The van der Waals surface area contributed by atoms with Gasteiger partial charge in [0.2, 0.25) is 0 Å². The Kier molecular flexibility index (Phi) is 3.67. The smallest absolute Gasteiger partial charge is 0.161 e. The van der Waals surface area contributed by atoms with Crippen LogP contribution in [-0.4, -0.2) is 20.0 Å². The van der Waals surface area contributed by atoms with Crippen molar-refractivity contribution in [3.8, 4) is 11.5 Å². The number of carbonyl (C=O) groups excluding carboxylic acids is 1. The Balaban J connectivity index is 2.02. The van der Waals surface area contributed by atoms with Crippen molar-refractivity contribution in [2.24, 2.45) is 5.92 Å². The van der Waals surface area contributed by atoms with E-state index in [1.165, 1.54) is 12.8 Å². The zero-order valence-electron chi connectivity index (χ0n) is 10.4. The van der Waals surface area contributed by atoms with Gasteiger partial charge in [0.05, 0.1) is 14.2 Å². The fraction of sp³-hybridized carbons (Fsp3) is 0.500. The lowest BCUT2D eigenvalue weighted by molar-refractivity contribution is -0.118. The minimum Gasteiger partial charge on any atom is -0.493 e. The SMILES string of the molecule is COc1ccc(CC(=O)CC2CC2)cc1OC. The van der Waals surface area contributed by atoms with E-state index in [-0.39, 0.29) is 0 Å². The van der Waals surface area contributed by atoms with Crippen molar-refractivity contribution >= 4 is 5.78 Å². The first-order valence-corrected chi connectivity index (χ1v) is 5.95. The number of Topliss-reactive ketones (excluding diaryl/α,β-unsaturated/α-hetero) is 1. The topological polar surface area (TPSA) is 35.5 Å². The predicted molar refractivity (Wildman–Crippen MR) is 65.6 cm³/mol. The van der Waals surface area contributed by atoms with Gasteiger partial charge in [-0.2, -0.15) is 0 Å². The van der Waals surface area contributed by atoms with E-state index in [1.807, 2.05) is 18.2 Å². The number of ether oxygens (including phenoxy) is 2. The molecule has 0 aromatic heterocycles. The normalized spacial score (nSPS) is 14.5. The average Bonchev–Trinajstić information content (AvgIpc) is 3.12. The first kappa shape index (κ1) is 12.0. The fourth-order valence-electron chi connectivity index (χ4n) is 1.93. The minimum atomic E-state index is 0.319. The van der Waals surface area contributed by atoms with Gasteiger partial charge in [0.15, 0.2) is 11.5 Å². The van der Waals surface area contributed by atoms with Crippen molar-refractivity contribution in [3.05, 3.63) is 23.8 Å². The minimum absolute atomic E-state index is 0.319. The molecule has 0 N–H and O–H groups in total. The van der Waals surface area contributed by atoms with Crippen LogP contribution in [0.3, 0.4) is 0 Å². The molecule has 2 rings (SSSR count). The molecule has 3 heteroatoms. The van der Waals surface area contributed by atoms with Crippen LogP contribution in [0.25, 0.3) is 0 Å². The maximum absolute atomic E-state index is 11.7. The summed E-state index contributed by atoms with van der Waals surface area (Å²) in [4.78, 5) is 11.7. The van der Waals surface area contributed by atoms with Crippen LogP contribution in [0.4, 0.5) is 0 Å². The first-order chi connectivity index (χ1) is 8.22. The maximum atomic E-state index is 11.7. The van der Waals surface area contributed by atoms with Gasteiger partial charge < -0.3 is 9.47 Å². The van der Waals surface area contributed by atoms with E-state index in [2.05, 4.69) is 0 Å². The largest absolute Gasteiger partial charge is 0.493 e. The van der Waals surface area contributed by atoms with E-state index in [4.69, 9.17) is 9.47 Å². The van der Waals surface area contributed by atoms with Crippen LogP contribution in [0.2, 0.25) is 0 Å². The summed E-state index contributed by atoms with van der Waals surface area (Å²) in [7, 11) is 3.21. The Morgan fingerprint density at radius 1 is 1.24 bits per heavy atom. The van der Waals surface area contributed by atoms with E-state index in [0.717, 1.165) is 12.0 Å². The van der Waals surface area contributed by atoms with Crippen LogP contribution in [0.15, 0.2) is 18.2 Å². The number of methoxy groups -OCH3 is 2. The molecule has 1 aliphatic rings. The Hall–Kier alpha value is -1.51. The van der Waals surface area contributed by atoms with Crippen molar-refractivity contribution in [1.29, 1.82) is 0 Å². The second-order valence-corrected chi connectivity index (χ2v) is 4.55. The highest BCUT2D eigenvalue weighted by Crippen LogP contribution is 2.33. The molecule has 3 nitrogen and oxygen atoms in total. The third-order valence-electron chi connectivity index (χ3n) is 3.06. The second-order valence-electron chi connectivity index (χ2n) is 4.55. The summed E-state index contributed by atoms with van der Waals surface area (Å²) in [5.74, 6) is 2.36. The third kappa shape index (κ3) is 3.22. The molecule has 0 bridgehead atoms. The number of carbonyl (C=O) groups is 1. The number of hydrogen-bond acceptors (Lipinski definition) is 3. The summed E-state index contributed by atoms with van der Waals surface area (Å²) in [6, 6.07) is 5.65. The molecule has 0 radical (unpaired) electrons. The van der Waals surface area contributed by atoms with E-state index >= 15 is 0 Å². The molecule has 17 heavy (non-hydrogen) atoms. The number of hydrogen-bond donors (Lipinski definition) is 0. The summed E-state index contributed by atoms with van der Waals surface area (Å²) in [5, 5.41) is 0. The molecule has 1 saturated carbocycles. The highest BCUT2D eigenvalue weighted by Gasteiger charge is 2.24. The van der Waals surface area contributed by atoms with Crippen LogP contribution in [0.1, 0.15) is 24.8 Å². The van der Waals surface area contributed by atoms with Crippen LogP contribution in [0, 0.1) is 5.92 Å². The molecule has 92 valence electrons. The van der Waals surface area contributed by atoms with E-state index in [0.29, 0.717) is 29.6 Å². The van der Waals surface area contributed by atoms with Gasteiger partial charge >= 0.3 is 0 Å². The Labute approximate surface area is 102 Å². The molecular weight excluding hydrogens is 216 g/mol. The van der Waals surface area contributed by atoms with Crippen LogP contribution >= 0.6 is 0 Å². The molecule has 1 aliphatic carbocycles. The molecule has 0 amide bonds. The predicted octanol–water partition coefficient (Wildman–Crippen LogP) is 2.62. The zero-order chi connectivity index (χ0) is 12.3. The quantitative estimate of drug-likeness (QED) is 0.759. The van der Waals surface area contributed by atoms with Crippen molar-refractivity contribution in [2.75, 3.05) is 14.2 Å². The highest BCUT2D eigenvalue weighted by atomic mass is 16.5. The Morgan fingerprint density at radius 3 is 2.53 bits per heavy atom. The van der Waals surface area contributed by atoms with Gasteiger partial charge in [-0.1, -0.05) is 6.07 Å². The Morgan fingerprint density at radius 2 is 1.94 bits per heavy atom. The van der Waals surface area contributed by atoms with Gasteiger partial charge in [-0.05, 0) is 36.5 Å². The summed E-state index contributed by atoms with van der Waals surface area (Å²) in [6.07, 6.45) is 3.67. The monoisotopic (exact) mass is 234 g/mol. The summed E-state index contributed by atoms with van der Waals surface area (Å²) in [6.45, 7) is 0. The molecule has 0 aliphatic heterocycles. The zero-order valence-corrected chi connectivity index (χ0v) is 10.4. The van der Waals surface area contributed by atoms with Gasteiger partial charge in [0.25, 0.3) is 0 Å². The maximum Gasteiger partial charge on any atom is 0.161 e. The lowest BCUT2D eigenvalue weighted by Crippen LogP contribution is -2.04. The van der Waals surface area contributed by atoms with E-state index < -0.39 is 0 Å². The van der Waals surface area contributed by atoms with Gasteiger partial charge in [0, 0.05) is 12.8 Å². The molecule has 1 fully saturated rings. The van der Waals surface area contributed by atoms with Crippen molar-refractivity contribution in [2.45, 2.75) is 25.7 Å². The number of benzene rings is 1. The van der Waals surface area contributed by atoms with Crippen molar-refractivity contribution in [3.63, 3.8) is 0 Å². The van der Waals surface area contributed by atoms with Gasteiger partial charge in [0.1, 0.15) is 5.78 Å². The summed E-state index contributed by atoms with van der Waals surface area (Å²) >= 11 is 0. The molecular formula is C14H18O3. The molecule has 0 atom stereocenters. The average molecular weight is 234 g/mol. The Bertz CT molecular complexity index is 408. The summed E-state index contributed by atoms with van der Waals surface area (Å²) < 4.78 is 10.4. The fourth-order valence-corrected chi connectivity index (χ4v) is 1.93. The van der Waals surface area contributed by atoms with E-state index in [9.17, 15) is 4.79 Å². The van der Waals surface area contributed by atoms with Crippen LogP contribution < -0.4 is 9.47 Å². The highest BCUT2D eigenvalue weighted by molar-refractivity contribution is 5.81. The summed E-state index contributed by atoms with van der Waals surface area (Å²) in [5.41, 5.74) is 0.994. The van der Waals surface area contributed by atoms with Gasteiger partial charge in [-0.15, -0.1) is 0 Å². The van der Waals surface area contributed by atoms with E-state index in [1.54, 1.807) is 14.2 Å². The molecule has 0 spiro atoms.